The molecule has 0 spiro atoms. The minimum atomic E-state index is -0.829. The molecule has 0 saturated carbocycles. The molecule has 0 aromatic rings. The molecule has 0 aliphatic rings. The number of rotatable bonds is 8. The summed E-state index contributed by atoms with van der Waals surface area (Å²) in [4.78, 5) is 12.8. The lowest BCUT2D eigenvalue weighted by molar-refractivity contribution is -0.166. The monoisotopic (exact) mass is 326 g/mol. The van der Waals surface area contributed by atoms with E-state index < -0.39 is 11.0 Å². The summed E-state index contributed by atoms with van der Waals surface area (Å²) < 4.78 is 5.59. The van der Waals surface area contributed by atoms with Gasteiger partial charge in [-0.05, 0) is 37.0 Å². The van der Waals surface area contributed by atoms with Gasteiger partial charge in [0.25, 0.3) is 0 Å². The van der Waals surface area contributed by atoms with Crippen molar-refractivity contribution < 1.29 is 14.6 Å². The molecule has 23 heavy (non-hydrogen) atoms. The molecular formula is C20H38O3. The molecule has 0 aliphatic heterocycles. The van der Waals surface area contributed by atoms with Gasteiger partial charge in [-0.2, -0.15) is 0 Å². The van der Waals surface area contributed by atoms with Gasteiger partial charge in [0.15, 0.2) is 0 Å². The highest BCUT2D eigenvalue weighted by molar-refractivity contribution is 5.77. The number of carbonyl (C=O) groups is 1. The van der Waals surface area contributed by atoms with Gasteiger partial charge in [0.2, 0.25) is 0 Å². The second kappa shape index (κ2) is 7.83. The van der Waals surface area contributed by atoms with E-state index in [1.807, 2.05) is 13.8 Å². The van der Waals surface area contributed by atoms with Crippen LogP contribution < -0.4 is 0 Å². The molecule has 2 unspecified atom stereocenters. The molecule has 136 valence electrons. The lowest BCUT2D eigenvalue weighted by atomic mass is 9.61. The van der Waals surface area contributed by atoms with Crippen LogP contribution >= 0.6 is 0 Å². The molecule has 0 aromatic heterocycles. The van der Waals surface area contributed by atoms with Crippen LogP contribution in [0.5, 0.6) is 0 Å². The molecule has 0 aromatic carbocycles. The van der Waals surface area contributed by atoms with Gasteiger partial charge in [-0.15, -0.1) is 6.58 Å². The molecule has 3 nitrogen and oxygen atoms in total. The molecule has 0 saturated heterocycles. The number of aliphatic hydroxyl groups is 1. The average molecular weight is 327 g/mol. The highest BCUT2D eigenvalue weighted by Gasteiger charge is 2.47. The third-order valence-electron chi connectivity index (χ3n) is 4.97. The predicted octanol–water partition coefficient (Wildman–Crippen LogP) is 5.13. The van der Waals surface area contributed by atoms with Crippen molar-refractivity contribution in [2.45, 2.75) is 86.7 Å². The minimum absolute atomic E-state index is 0.0358. The van der Waals surface area contributed by atoms with Crippen LogP contribution in [0.4, 0.5) is 0 Å². The summed E-state index contributed by atoms with van der Waals surface area (Å²) in [5.41, 5.74) is -1.55. The van der Waals surface area contributed by atoms with Gasteiger partial charge < -0.3 is 9.84 Å². The Hall–Kier alpha value is -0.830. The second-order valence-electron chi connectivity index (χ2n) is 9.28. The number of hydrogen-bond donors (Lipinski definition) is 1. The topological polar surface area (TPSA) is 46.5 Å². The smallest absolute Gasteiger partial charge is 0.312 e. The van der Waals surface area contributed by atoms with E-state index in [9.17, 15) is 9.90 Å². The zero-order chi connectivity index (χ0) is 18.5. The molecule has 1 N–H and O–H groups in total. The number of hydrogen-bond acceptors (Lipinski definition) is 3. The van der Waals surface area contributed by atoms with Crippen LogP contribution in [0.3, 0.4) is 0 Å². The average Bonchev–Trinajstić information content (AvgIpc) is 2.35. The van der Waals surface area contributed by atoms with E-state index in [0.29, 0.717) is 19.3 Å². The fraction of sp³-hybridized carbons (Fsp3) is 0.850. The zero-order valence-corrected chi connectivity index (χ0v) is 16.6. The van der Waals surface area contributed by atoms with Crippen LogP contribution in [0.2, 0.25) is 0 Å². The number of ether oxygens (including phenoxy) is 1. The maximum atomic E-state index is 12.8. The van der Waals surface area contributed by atoms with E-state index in [2.05, 4.69) is 48.1 Å². The van der Waals surface area contributed by atoms with Gasteiger partial charge in [0, 0.05) is 6.42 Å². The first-order chi connectivity index (χ1) is 10.2. The third-order valence-corrected chi connectivity index (χ3v) is 4.97. The lowest BCUT2D eigenvalue weighted by Crippen LogP contribution is -2.44. The highest BCUT2D eigenvalue weighted by Crippen LogP contribution is 2.47. The van der Waals surface area contributed by atoms with Gasteiger partial charge in [-0.1, -0.05) is 54.5 Å². The fourth-order valence-electron chi connectivity index (χ4n) is 2.89. The summed E-state index contributed by atoms with van der Waals surface area (Å²) in [5.74, 6) is -0.169. The molecule has 0 bridgehead atoms. The van der Waals surface area contributed by atoms with Crippen molar-refractivity contribution in [3.63, 3.8) is 0 Å². The van der Waals surface area contributed by atoms with E-state index in [-0.39, 0.29) is 23.4 Å². The Balaban J connectivity index is 4.98. The standard InChI is InChI=1S/C20H38O3/c1-10-12-20(22,11-2)13-14-23-16(21)19(9,18(6,7)8)15-17(3,4)5/h10,22H,1,11-15H2,2-9H3. The highest BCUT2D eigenvalue weighted by atomic mass is 16.5. The third kappa shape index (κ3) is 6.66. The van der Waals surface area contributed by atoms with Crippen molar-refractivity contribution in [1.29, 1.82) is 0 Å². The van der Waals surface area contributed by atoms with Crippen molar-refractivity contribution in [2.75, 3.05) is 6.61 Å². The van der Waals surface area contributed by atoms with Gasteiger partial charge in [0.1, 0.15) is 0 Å². The second-order valence-corrected chi connectivity index (χ2v) is 9.28. The molecule has 3 heteroatoms. The quantitative estimate of drug-likeness (QED) is 0.497. The molecule has 0 rings (SSSR count). The lowest BCUT2D eigenvalue weighted by Gasteiger charge is -2.43. The van der Waals surface area contributed by atoms with Crippen LogP contribution in [0.15, 0.2) is 12.7 Å². The maximum Gasteiger partial charge on any atom is 0.312 e. The fourth-order valence-corrected chi connectivity index (χ4v) is 2.89. The van der Waals surface area contributed by atoms with Gasteiger partial charge in [-0.25, -0.2) is 0 Å². The van der Waals surface area contributed by atoms with Crippen LogP contribution in [0, 0.1) is 16.2 Å². The van der Waals surface area contributed by atoms with Crippen molar-refractivity contribution in [3.05, 3.63) is 12.7 Å². The first-order valence-corrected chi connectivity index (χ1v) is 8.71. The van der Waals surface area contributed by atoms with E-state index in [0.717, 1.165) is 6.42 Å². The van der Waals surface area contributed by atoms with E-state index >= 15 is 0 Å². The summed E-state index contributed by atoms with van der Waals surface area (Å²) in [6.07, 6.45) is 4.04. The Labute approximate surface area is 143 Å². The van der Waals surface area contributed by atoms with Crippen LogP contribution in [-0.2, 0) is 9.53 Å². The van der Waals surface area contributed by atoms with Gasteiger partial charge in [-0.3, -0.25) is 4.79 Å². The summed E-state index contributed by atoms with van der Waals surface area (Å²) in [6.45, 7) is 20.5. The largest absolute Gasteiger partial charge is 0.465 e. The molecule has 0 heterocycles. The SMILES string of the molecule is C=CCC(O)(CC)CCOC(=O)C(C)(CC(C)(C)C)C(C)(C)C. The Kier molecular flexibility index (Phi) is 7.55. The first kappa shape index (κ1) is 22.2. The molecule has 0 amide bonds. The van der Waals surface area contributed by atoms with Crippen molar-refractivity contribution in [1.82, 2.24) is 0 Å². The Bertz CT molecular complexity index is 400. The Morgan fingerprint density at radius 1 is 1.13 bits per heavy atom. The summed E-state index contributed by atoms with van der Waals surface area (Å²) >= 11 is 0. The molecule has 0 radical (unpaired) electrons. The van der Waals surface area contributed by atoms with Crippen molar-refractivity contribution in [2.24, 2.45) is 16.2 Å². The maximum absolute atomic E-state index is 12.8. The Morgan fingerprint density at radius 2 is 1.65 bits per heavy atom. The van der Waals surface area contributed by atoms with Gasteiger partial charge in [0.05, 0.1) is 17.6 Å². The van der Waals surface area contributed by atoms with E-state index in [1.54, 1.807) is 6.08 Å². The van der Waals surface area contributed by atoms with E-state index in [1.165, 1.54) is 0 Å². The van der Waals surface area contributed by atoms with Crippen LogP contribution in [0.25, 0.3) is 0 Å². The van der Waals surface area contributed by atoms with Crippen molar-refractivity contribution in [3.8, 4) is 0 Å². The van der Waals surface area contributed by atoms with Crippen LogP contribution in [-0.4, -0.2) is 23.3 Å². The summed E-state index contributed by atoms with van der Waals surface area (Å²) in [6, 6.07) is 0. The van der Waals surface area contributed by atoms with E-state index in [4.69, 9.17) is 4.74 Å². The van der Waals surface area contributed by atoms with Crippen LogP contribution in [0.1, 0.15) is 81.1 Å². The summed E-state index contributed by atoms with van der Waals surface area (Å²) in [7, 11) is 0. The molecule has 2 atom stereocenters. The molecular weight excluding hydrogens is 288 g/mol. The normalized spacial score (nSPS) is 18.0. The number of esters is 1. The Morgan fingerprint density at radius 3 is 2.00 bits per heavy atom. The minimum Gasteiger partial charge on any atom is -0.465 e. The summed E-state index contributed by atoms with van der Waals surface area (Å²) in [5, 5.41) is 10.4. The predicted molar refractivity (Wildman–Crippen MR) is 97.3 cm³/mol. The molecule has 0 aliphatic carbocycles. The first-order valence-electron chi connectivity index (χ1n) is 8.71. The van der Waals surface area contributed by atoms with Gasteiger partial charge >= 0.3 is 5.97 Å². The van der Waals surface area contributed by atoms with Crippen molar-refractivity contribution >= 4 is 5.97 Å². The molecule has 0 fully saturated rings. The number of carbonyl (C=O) groups excluding carboxylic acids is 1. The zero-order valence-electron chi connectivity index (χ0n) is 16.6.